The van der Waals surface area contributed by atoms with Gasteiger partial charge in [-0.1, -0.05) is 18.2 Å². The number of nitrogens with zero attached hydrogens (tertiary/aromatic N) is 1. The summed E-state index contributed by atoms with van der Waals surface area (Å²) in [5, 5.41) is 12.2. The lowest BCUT2D eigenvalue weighted by atomic mass is 10.1. The summed E-state index contributed by atoms with van der Waals surface area (Å²) in [6.07, 6.45) is 1.25. The van der Waals surface area contributed by atoms with Crippen LogP contribution in [0.1, 0.15) is 17.3 Å². The number of carboxylic acid groups (broad SMARTS) is 1. The van der Waals surface area contributed by atoms with E-state index in [-0.39, 0.29) is 17.2 Å². The molecule has 5 nitrogen and oxygen atoms in total. The zero-order valence-corrected chi connectivity index (χ0v) is 9.10. The Morgan fingerprint density at radius 3 is 2.65 bits per heavy atom. The SMILES string of the molecule is CC(=O)Nc1c(C(=O)O)cnc2ccccc12. The van der Waals surface area contributed by atoms with Crippen LogP contribution in [0.15, 0.2) is 30.5 Å². The van der Waals surface area contributed by atoms with Crippen LogP contribution < -0.4 is 5.32 Å². The van der Waals surface area contributed by atoms with Crippen molar-refractivity contribution < 1.29 is 14.7 Å². The normalized spacial score (nSPS) is 10.2. The number of carbonyl (C=O) groups excluding carboxylic acids is 1. The summed E-state index contributed by atoms with van der Waals surface area (Å²) in [4.78, 5) is 26.2. The Morgan fingerprint density at radius 1 is 1.29 bits per heavy atom. The summed E-state index contributed by atoms with van der Waals surface area (Å²) in [5.41, 5.74) is 0.913. The highest BCUT2D eigenvalue weighted by molar-refractivity contribution is 6.08. The third-order valence-corrected chi connectivity index (χ3v) is 2.31. The maximum atomic E-state index is 11.1. The summed E-state index contributed by atoms with van der Waals surface area (Å²) in [7, 11) is 0. The van der Waals surface area contributed by atoms with E-state index < -0.39 is 5.97 Å². The number of carboxylic acids is 1. The van der Waals surface area contributed by atoms with E-state index in [1.165, 1.54) is 13.1 Å². The molecular weight excluding hydrogens is 220 g/mol. The monoisotopic (exact) mass is 230 g/mol. The predicted octanol–water partition coefficient (Wildman–Crippen LogP) is 1.89. The summed E-state index contributed by atoms with van der Waals surface area (Å²) >= 11 is 0. The second-order valence-electron chi connectivity index (χ2n) is 3.55. The van der Waals surface area contributed by atoms with Gasteiger partial charge in [0.15, 0.2) is 0 Å². The van der Waals surface area contributed by atoms with E-state index in [1.54, 1.807) is 24.3 Å². The maximum Gasteiger partial charge on any atom is 0.339 e. The fourth-order valence-electron chi connectivity index (χ4n) is 1.61. The molecule has 0 aliphatic rings. The van der Waals surface area contributed by atoms with Crippen LogP contribution in [0, 0.1) is 0 Å². The first kappa shape index (κ1) is 11.1. The predicted molar refractivity (Wildman–Crippen MR) is 63.0 cm³/mol. The van der Waals surface area contributed by atoms with E-state index in [0.717, 1.165) is 0 Å². The van der Waals surface area contributed by atoms with Gasteiger partial charge in [-0.2, -0.15) is 0 Å². The zero-order valence-electron chi connectivity index (χ0n) is 9.10. The molecule has 0 fully saturated rings. The Kier molecular flexibility index (Phi) is 2.74. The molecule has 86 valence electrons. The van der Waals surface area contributed by atoms with Crippen molar-refractivity contribution in [1.82, 2.24) is 4.98 Å². The minimum absolute atomic E-state index is 0.0149. The highest BCUT2D eigenvalue weighted by Gasteiger charge is 2.14. The Balaban J connectivity index is 2.74. The fourth-order valence-corrected chi connectivity index (χ4v) is 1.61. The first-order valence-electron chi connectivity index (χ1n) is 4.98. The van der Waals surface area contributed by atoms with Gasteiger partial charge in [-0.05, 0) is 6.07 Å². The summed E-state index contributed by atoms with van der Waals surface area (Å²) in [6.45, 7) is 1.33. The van der Waals surface area contributed by atoms with Crippen LogP contribution >= 0.6 is 0 Å². The molecule has 0 aliphatic carbocycles. The van der Waals surface area contributed by atoms with Crippen molar-refractivity contribution in [2.45, 2.75) is 6.92 Å². The van der Waals surface area contributed by atoms with Gasteiger partial charge in [0.2, 0.25) is 5.91 Å². The first-order chi connectivity index (χ1) is 8.09. The maximum absolute atomic E-state index is 11.1. The molecule has 0 atom stereocenters. The molecule has 1 amide bonds. The van der Waals surface area contributed by atoms with E-state index in [0.29, 0.717) is 10.9 Å². The molecule has 1 aromatic heterocycles. The van der Waals surface area contributed by atoms with Crippen LogP contribution in [0.4, 0.5) is 5.69 Å². The molecule has 0 saturated carbocycles. The third kappa shape index (κ3) is 2.08. The minimum atomic E-state index is -1.12. The highest BCUT2D eigenvalue weighted by Crippen LogP contribution is 2.25. The van der Waals surface area contributed by atoms with Gasteiger partial charge in [-0.25, -0.2) is 4.79 Å². The van der Waals surface area contributed by atoms with E-state index >= 15 is 0 Å². The van der Waals surface area contributed by atoms with Crippen molar-refractivity contribution >= 4 is 28.5 Å². The standard InChI is InChI=1S/C12H10N2O3/c1-7(15)14-11-8-4-2-3-5-10(8)13-6-9(11)12(16)17/h2-6H,1H3,(H,16,17)(H,13,14,15). The smallest absolute Gasteiger partial charge is 0.339 e. The number of fused-ring (bicyclic) bond motifs is 1. The molecule has 0 aliphatic heterocycles. The van der Waals surface area contributed by atoms with Crippen molar-refractivity contribution in [3.63, 3.8) is 0 Å². The minimum Gasteiger partial charge on any atom is -0.478 e. The lowest BCUT2D eigenvalue weighted by Crippen LogP contribution is -2.11. The van der Waals surface area contributed by atoms with Crippen molar-refractivity contribution in [2.24, 2.45) is 0 Å². The second kappa shape index (κ2) is 4.21. The second-order valence-corrected chi connectivity index (χ2v) is 3.55. The van der Waals surface area contributed by atoms with Crippen LogP contribution in [0.3, 0.4) is 0 Å². The average Bonchev–Trinajstić information content (AvgIpc) is 2.28. The van der Waals surface area contributed by atoms with Gasteiger partial charge in [0.1, 0.15) is 5.56 Å². The molecule has 0 spiro atoms. The summed E-state index contributed by atoms with van der Waals surface area (Å²) in [5.74, 6) is -1.43. The average molecular weight is 230 g/mol. The van der Waals surface area contributed by atoms with Gasteiger partial charge in [-0.15, -0.1) is 0 Å². The topological polar surface area (TPSA) is 79.3 Å². The molecule has 0 unspecified atom stereocenters. The first-order valence-corrected chi connectivity index (χ1v) is 4.98. The number of nitrogens with one attached hydrogen (secondary N) is 1. The number of carbonyl (C=O) groups is 2. The Bertz CT molecular complexity index is 608. The number of hydrogen-bond acceptors (Lipinski definition) is 3. The van der Waals surface area contributed by atoms with Crippen LogP contribution in [0.5, 0.6) is 0 Å². The Hall–Kier alpha value is -2.43. The van der Waals surface area contributed by atoms with Gasteiger partial charge in [0.25, 0.3) is 0 Å². The number of pyridine rings is 1. The number of rotatable bonds is 2. The molecule has 0 radical (unpaired) electrons. The lowest BCUT2D eigenvalue weighted by molar-refractivity contribution is -0.114. The van der Waals surface area contributed by atoms with Crippen molar-refractivity contribution in [2.75, 3.05) is 5.32 Å². The molecule has 2 N–H and O–H groups in total. The Morgan fingerprint density at radius 2 is 2.00 bits per heavy atom. The fraction of sp³-hybridized carbons (Fsp3) is 0.0833. The molecule has 2 aromatic rings. The quantitative estimate of drug-likeness (QED) is 0.825. The van der Waals surface area contributed by atoms with Gasteiger partial charge in [0.05, 0.1) is 11.2 Å². The Labute approximate surface area is 97.1 Å². The number of benzene rings is 1. The van der Waals surface area contributed by atoms with Crippen LogP contribution in [0.25, 0.3) is 10.9 Å². The highest BCUT2D eigenvalue weighted by atomic mass is 16.4. The number of anilines is 1. The van der Waals surface area contributed by atoms with Gasteiger partial charge in [0, 0.05) is 18.5 Å². The lowest BCUT2D eigenvalue weighted by Gasteiger charge is -2.09. The van der Waals surface area contributed by atoms with Crippen molar-refractivity contribution in [3.8, 4) is 0 Å². The number of aromatic carboxylic acids is 1. The number of amides is 1. The number of aromatic nitrogens is 1. The van der Waals surface area contributed by atoms with E-state index in [4.69, 9.17) is 5.11 Å². The van der Waals surface area contributed by atoms with Gasteiger partial charge in [-0.3, -0.25) is 9.78 Å². The van der Waals surface area contributed by atoms with E-state index in [2.05, 4.69) is 10.3 Å². The van der Waals surface area contributed by atoms with Gasteiger partial charge < -0.3 is 10.4 Å². The zero-order chi connectivity index (χ0) is 12.4. The summed E-state index contributed by atoms with van der Waals surface area (Å²) in [6, 6.07) is 7.04. The number of hydrogen-bond donors (Lipinski definition) is 2. The summed E-state index contributed by atoms with van der Waals surface area (Å²) < 4.78 is 0. The van der Waals surface area contributed by atoms with E-state index in [9.17, 15) is 9.59 Å². The van der Waals surface area contributed by atoms with Crippen molar-refractivity contribution in [3.05, 3.63) is 36.0 Å². The molecular formula is C12H10N2O3. The molecule has 5 heteroatoms. The molecule has 1 aromatic carbocycles. The molecule has 0 bridgehead atoms. The molecule has 2 rings (SSSR count). The largest absolute Gasteiger partial charge is 0.478 e. The van der Waals surface area contributed by atoms with Crippen LogP contribution in [-0.2, 0) is 4.79 Å². The molecule has 0 saturated heterocycles. The number of para-hydroxylation sites is 1. The van der Waals surface area contributed by atoms with Crippen LogP contribution in [-0.4, -0.2) is 22.0 Å². The van der Waals surface area contributed by atoms with E-state index in [1.807, 2.05) is 0 Å². The third-order valence-electron chi connectivity index (χ3n) is 2.31. The van der Waals surface area contributed by atoms with Gasteiger partial charge >= 0.3 is 5.97 Å². The van der Waals surface area contributed by atoms with Crippen molar-refractivity contribution in [1.29, 1.82) is 0 Å². The van der Waals surface area contributed by atoms with Crippen LogP contribution in [0.2, 0.25) is 0 Å². The molecule has 1 heterocycles. The molecule has 17 heavy (non-hydrogen) atoms.